The Bertz CT molecular complexity index is 368. The van der Waals surface area contributed by atoms with Crippen LogP contribution in [-0.2, 0) is 6.54 Å². The number of aliphatic hydroxyl groups excluding tert-OH is 1. The minimum atomic E-state index is -1.44. The van der Waals surface area contributed by atoms with Crippen molar-refractivity contribution in [3.63, 3.8) is 0 Å². The Morgan fingerprint density at radius 2 is 1.75 bits per heavy atom. The average Bonchev–Trinajstić information content (AvgIpc) is 2.19. The highest BCUT2D eigenvalue weighted by Gasteiger charge is 2.26. The Morgan fingerprint density at radius 3 is 2.25 bits per heavy atom. The molecule has 0 atom stereocenters. The van der Waals surface area contributed by atoms with Gasteiger partial charge in [0.05, 0.1) is 6.10 Å². The lowest BCUT2D eigenvalue weighted by Gasteiger charge is -2.32. The predicted octanol–water partition coefficient (Wildman–Crippen LogP) is 1.72. The van der Waals surface area contributed by atoms with E-state index in [0.717, 1.165) is 12.1 Å². The fourth-order valence-corrected chi connectivity index (χ4v) is 1.73. The van der Waals surface area contributed by atoms with Crippen LogP contribution in [0.3, 0.4) is 0 Å². The molecule has 1 aromatic rings. The quantitative estimate of drug-likeness (QED) is 0.776. The molecule has 0 bridgehead atoms. The summed E-state index contributed by atoms with van der Waals surface area (Å²) in [6, 6.07) is 2.12. The molecule has 1 fully saturated rings. The first-order valence-corrected chi connectivity index (χ1v) is 5.11. The summed E-state index contributed by atoms with van der Waals surface area (Å²) in [5, 5.41) is 12.1. The van der Waals surface area contributed by atoms with Crippen LogP contribution in [0.5, 0.6) is 0 Å². The van der Waals surface area contributed by atoms with E-state index < -0.39 is 17.5 Å². The molecule has 2 rings (SSSR count). The maximum absolute atomic E-state index is 12.8. The highest BCUT2D eigenvalue weighted by molar-refractivity contribution is 5.19. The van der Waals surface area contributed by atoms with Crippen LogP contribution in [0.15, 0.2) is 12.1 Å². The second kappa shape index (κ2) is 4.43. The molecule has 1 saturated carbocycles. The van der Waals surface area contributed by atoms with Crippen molar-refractivity contribution >= 4 is 0 Å². The van der Waals surface area contributed by atoms with Crippen molar-refractivity contribution in [2.75, 3.05) is 0 Å². The lowest BCUT2D eigenvalue weighted by atomic mass is 9.89. The molecule has 0 spiro atoms. The molecule has 88 valence electrons. The number of hydrogen-bond donors (Lipinski definition) is 2. The topological polar surface area (TPSA) is 32.3 Å². The van der Waals surface area contributed by atoms with Crippen LogP contribution in [0.1, 0.15) is 18.4 Å². The predicted molar refractivity (Wildman–Crippen MR) is 52.2 cm³/mol. The van der Waals surface area contributed by atoms with Gasteiger partial charge in [0, 0.05) is 12.6 Å². The van der Waals surface area contributed by atoms with E-state index in [0.29, 0.717) is 18.4 Å². The van der Waals surface area contributed by atoms with Crippen molar-refractivity contribution in [2.45, 2.75) is 31.5 Å². The van der Waals surface area contributed by atoms with Gasteiger partial charge in [-0.2, -0.15) is 0 Å². The Labute approximate surface area is 91.1 Å². The Kier molecular flexibility index (Phi) is 3.16. The zero-order valence-corrected chi connectivity index (χ0v) is 8.51. The molecule has 1 aliphatic carbocycles. The first-order chi connectivity index (χ1) is 7.56. The summed E-state index contributed by atoms with van der Waals surface area (Å²) >= 11 is 0. The van der Waals surface area contributed by atoms with Crippen LogP contribution in [0, 0.1) is 17.5 Å². The highest BCUT2D eigenvalue weighted by Crippen LogP contribution is 2.20. The third kappa shape index (κ3) is 2.36. The molecule has 0 saturated heterocycles. The molecule has 0 heterocycles. The SMILES string of the molecule is OC1CC(NCc2cc(F)c(F)c(F)c2)C1. The van der Waals surface area contributed by atoms with E-state index >= 15 is 0 Å². The molecule has 0 unspecified atom stereocenters. The van der Waals surface area contributed by atoms with Crippen LogP contribution in [0.4, 0.5) is 13.2 Å². The fraction of sp³-hybridized carbons (Fsp3) is 0.455. The average molecular weight is 231 g/mol. The van der Waals surface area contributed by atoms with E-state index in [1.165, 1.54) is 0 Å². The van der Waals surface area contributed by atoms with E-state index in [-0.39, 0.29) is 18.7 Å². The minimum Gasteiger partial charge on any atom is -0.393 e. The van der Waals surface area contributed by atoms with Gasteiger partial charge in [-0.05, 0) is 30.5 Å². The number of halogens is 3. The van der Waals surface area contributed by atoms with Crippen molar-refractivity contribution < 1.29 is 18.3 Å². The summed E-state index contributed by atoms with van der Waals surface area (Å²) in [6.45, 7) is 0.269. The van der Waals surface area contributed by atoms with E-state index in [1.54, 1.807) is 0 Å². The van der Waals surface area contributed by atoms with E-state index in [4.69, 9.17) is 5.11 Å². The van der Waals surface area contributed by atoms with Gasteiger partial charge in [0.2, 0.25) is 0 Å². The summed E-state index contributed by atoms with van der Waals surface area (Å²) < 4.78 is 38.3. The monoisotopic (exact) mass is 231 g/mol. The largest absolute Gasteiger partial charge is 0.393 e. The summed E-state index contributed by atoms with van der Waals surface area (Å²) in [5.74, 6) is -3.79. The zero-order valence-electron chi connectivity index (χ0n) is 8.51. The number of benzene rings is 1. The van der Waals surface area contributed by atoms with Crippen molar-refractivity contribution in [2.24, 2.45) is 0 Å². The van der Waals surface area contributed by atoms with Gasteiger partial charge in [0.15, 0.2) is 17.5 Å². The molecule has 0 radical (unpaired) electrons. The van der Waals surface area contributed by atoms with Crippen molar-refractivity contribution in [1.82, 2.24) is 5.32 Å². The lowest BCUT2D eigenvalue weighted by Crippen LogP contribution is -2.43. The zero-order chi connectivity index (χ0) is 11.7. The molecular weight excluding hydrogens is 219 g/mol. The van der Waals surface area contributed by atoms with Crippen LogP contribution < -0.4 is 5.32 Å². The van der Waals surface area contributed by atoms with Crippen molar-refractivity contribution in [3.8, 4) is 0 Å². The summed E-state index contributed by atoms with van der Waals surface area (Å²) in [5.41, 5.74) is 0.359. The molecule has 0 amide bonds. The number of hydrogen-bond acceptors (Lipinski definition) is 2. The van der Waals surface area contributed by atoms with Gasteiger partial charge in [-0.1, -0.05) is 0 Å². The van der Waals surface area contributed by atoms with Gasteiger partial charge in [0.25, 0.3) is 0 Å². The van der Waals surface area contributed by atoms with Crippen molar-refractivity contribution in [1.29, 1.82) is 0 Å². The van der Waals surface area contributed by atoms with Crippen LogP contribution in [-0.4, -0.2) is 17.3 Å². The molecule has 16 heavy (non-hydrogen) atoms. The first kappa shape index (κ1) is 11.4. The molecule has 2 nitrogen and oxygen atoms in total. The van der Waals surface area contributed by atoms with Gasteiger partial charge in [0.1, 0.15) is 0 Å². The smallest absolute Gasteiger partial charge is 0.194 e. The molecule has 0 aromatic heterocycles. The normalized spacial score (nSPS) is 24.2. The Morgan fingerprint density at radius 1 is 1.19 bits per heavy atom. The number of aliphatic hydroxyl groups is 1. The number of nitrogens with one attached hydrogen (secondary N) is 1. The van der Waals surface area contributed by atoms with E-state index in [9.17, 15) is 13.2 Å². The van der Waals surface area contributed by atoms with Gasteiger partial charge < -0.3 is 10.4 Å². The van der Waals surface area contributed by atoms with Crippen LogP contribution in [0.25, 0.3) is 0 Å². The summed E-state index contributed by atoms with van der Waals surface area (Å²) in [4.78, 5) is 0. The third-order valence-electron chi connectivity index (χ3n) is 2.75. The van der Waals surface area contributed by atoms with Gasteiger partial charge in [-0.15, -0.1) is 0 Å². The van der Waals surface area contributed by atoms with Crippen LogP contribution in [0.2, 0.25) is 0 Å². The maximum atomic E-state index is 12.8. The second-order valence-corrected chi connectivity index (χ2v) is 4.08. The molecule has 1 aromatic carbocycles. The standard InChI is InChI=1S/C11H12F3NO/c12-9-1-6(2-10(13)11(9)14)5-15-7-3-8(16)4-7/h1-2,7-8,15-16H,3-5H2. The Hall–Kier alpha value is -1.07. The lowest BCUT2D eigenvalue weighted by molar-refractivity contribution is 0.0619. The van der Waals surface area contributed by atoms with Gasteiger partial charge in [-0.3, -0.25) is 0 Å². The highest BCUT2D eigenvalue weighted by atomic mass is 19.2. The van der Waals surface area contributed by atoms with Gasteiger partial charge >= 0.3 is 0 Å². The molecule has 2 N–H and O–H groups in total. The van der Waals surface area contributed by atoms with E-state index in [1.807, 2.05) is 0 Å². The maximum Gasteiger partial charge on any atom is 0.194 e. The number of rotatable bonds is 3. The summed E-state index contributed by atoms with van der Waals surface area (Å²) in [6.07, 6.45) is 1.01. The molecule has 5 heteroatoms. The molecular formula is C11H12F3NO. The second-order valence-electron chi connectivity index (χ2n) is 4.08. The Balaban J connectivity index is 1.94. The minimum absolute atomic E-state index is 0.172. The van der Waals surface area contributed by atoms with Crippen molar-refractivity contribution in [3.05, 3.63) is 35.1 Å². The van der Waals surface area contributed by atoms with Gasteiger partial charge in [-0.25, -0.2) is 13.2 Å². The summed E-state index contributed by atoms with van der Waals surface area (Å²) in [7, 11) is 0. The van der Waals surface area contributed by atoms with E-state index in [2.05, 4.69) is 5.32 Å². The first-order valence-electron chi connectivity index (χ1n) is 5.11. The third-order valence-corrected chi connectivity index (χ3v) is 2.75. The molecule has 0 aliphatic heterocycles. The fourth-order valence-electron chi connectivity index (χ4n) is 1.73. The molecule has 1 aliphatic rings. The van der Waals surface area contributed by atoms with Crippen LogP contribution >= 0.6 is 0 Å².